The largest absolute Gasteiger partial charge is 0.504 e. The van der Waals surface area contributed by atoms with Gasteiger partial charge in [-0.25, -0.2) is 0 Å². The maximum Gasteiger partial charge on any atom is 0.314 e. The number of phenolic OH excluding ortho intramolecular Hbond substituents is 1. The molecule has 3 N–H and O–H groups in total. The summed E-state index contributed by atoms with van der Waals surface area (Å²) in [6, 6.07) is 0. The molecule has 188 valence electrons. The number of ether oxygens (including phenoxy) is 3. The van der Waals surface area contributed by atoms with Crippen LogP contribution in [0, 0.1) is 18.8 Å². The molecule has 2 aliphatic carbocycles. The third-order valence-electron chi connectivity index (χ3n) is 7.99. The van der Waals surface area contributed by atoms with Crippen LogP contribution in [0.15, 0.2) is 11.6 Å². The molecule has 5 unspecified atom stereocenters. The lowest BCUT2D eigenvalue weighted by atomic mass is 9.62. The van der Waals surface area contributed by atoms with Crippen LogP contribution in [0.1, 0.15) is 87.0 Å². The normalized spacial score (nSPS) is 34.7. The minimum atomic E-state index is -1.44. The van der Waals surface area contributed by atoms with Gasteiger partial charge in [0.25, 0.3) is 0 Å². The highest BCUT2D eigenvalue weighted by Gasteiger charge is 2.47. The van der Waals surface area contributed by atoms with Crippen LogP contribution in [0.4, 0.5) is 0 Å². The monoisotopic (exact) mass is 474 g/mol. The van der Waals surface area contributed by atoms with E-state index in [2.05, 4.69) is 33.8 Å². The van der Waals surface area contributed by atoms with E-state index in [4.69, 9.17) is 14.2 Å². The molecule has 7 heteroatoms. The molecular weight excluding hydrogens is 436 g/mol. The molecule has 1 aromatic carbocycles. The third kappa shape index (κ3) is 4.12. The highest BCUT2D eigenvalue weighted by atomic mass is 16.7. The molecule has 1 saturated heterocycles. The summed E-state index contributed by atoms with van der Waals surface area (Å²) in [7, 11) is 1.21. The van der Waals surface area contributed by atoms with E-state index >= 15 is 0 Å². The van der Waals surface area contributed by atoms with E-state index in [0.717, 1.165) is 30.4 Å². The molecule has 1 aliphatic heterocycles. The Bertz CT molecular complexity index is 980. The van der Waals surface area contributed by atoms with Crippen molar-refractivity contribution in [3.8, 4) is 11.5 Å². The summed E-state index contributed by atoms with van der Waals surface area (Å²) < 4.78 is 16.5. The maximum absolute atomic E-state index is 12.2. The Hall–Kier alpha value is -2.09. The first kappa shape index (κ1) is 25.0. The fourth-order valence-corrected chi connectivity index (χ4v) is 6.39. The minimum absolute atomic E-state index is 0.0926. The molecule has 0 bridgehead atoms. The molecule has 0 aromatic heterocycles. The second kappa shape index (κ2) is 9.51. The lowest BCUT2D eigenvalue weighted by Gasteiger charge is -2.44. The average molecular weight is 475 g/mol. The number of methoxy groups -OCH3 is 1. The number of rotatable bonds is 4. The van der Waals surface area contributed by atoms with Gasteiger partial charge in [0.1, 0.15) is 12.0 Å². The number of benzene rings is 1. The molecule has 0 radical (unpaired) electrons. The van der Waals surface area contributed by atoms with Gasteiger partial charge in [0.15, 0.2) is 11.5 Å². The predicted molar refractivity (Wildman–Crippen MR) is 127 cm³/mol. The summed E-state index contributed by atoms with van der Waals surface area (Å²) in [6.07, 6.45) is 1.55. The van der Waals surface area contributed by atoms with Crippen LogP contribution < -0.4 is 4.74 Å². The molecule has 8 atom stereocenters. The van der Waals surface area contributed by atoms with E-state index in [-0.39, 0.29) is 29.9 Å². The Morgan fingerprint density at radius 2 is 1.82 bits per heavy atom. The van der Waals surface area contributed by atoms with Crippen LogP contribution in [-0.2, 0) is 14.3 Å². The highest BCUT2D eigenvalue weighted by molar-refractivity contribution is 5.74. The van der Waals surface area contributed by atoms with Crippen molar-refractivity contribution >= 4 is 5.97 Å². The Morgan fingerprint density at radius 1 is 1.12 bits per heavy atom. The van der Waals surface area contributed by atoms with E-state index in [1.807, 2.05) is 6.92 Å². The molecule has 0 spiro atoms. The fourth-order valence-electron chi connectivity index (χ4n) is 6.39. The highest BCUT2D eigenvalue weighted by Crippen LogP contribution is 2.58. The molecule has 3 aliphatic rings. The molecule has 4 rings (SSSR count). The third-order valence-corrected chi connectivity index (χ3v) is 7.99. The first-order chi connectivity index (χ1) is 16.1. The topological polar surface area (TPSA) is 105 Å². The van der Waals surface area contributed by atoms with Gasteiger partial charge >= 0.3 is 5.97 Å². The number of aromatic hydroxyl groups is 1. The molecular formula is C27H38O7. The van der Waals surface area contributed by atoms with Gasteiger partial charge in [0.05, 0.1) is 19.8 Å². The number of phenols is 1. The first-order valence-corrected chi connectivity index (χ1v) is 12.3. The summed E-state index contributed by atoms with van der Waals surface area (Å²) >= 11 is 0. The fraction of sp³-hybridized carbons (Fsp3) is 0.667. The van der Waals surface area contributed by atoms with Crippen molar-refractivity contribution in [2.24, 2.45) is 11.8 Å². The summed E-state index contributed by atoms with van der Waals surface area (Å²) in [4.78, 5) is 12.2. The molecule has 7 nitrogen and oxygen atoms in total. The summed E-state index contributed by atoms with van der Waals surface area (Å²) in [5, 5.41) is 32.5. The van der Waals surface area contributed by atoms with Crippen LogP contribution in [0.25, 0.3) is 0 Å². The van der Waals surface area contributed by atoms with Gasteiger partial charge in [-0.2, -0.15) is 0 Å². The van der Waals surface area contributed by atoms with Crippen LogP contribution in [-0.4, -0.2) is 53.5 Å². The second-order valence-corrected chi connectivity index (χ2v) is 10.6. The number of carbonyl (C=O) groups excluding carboxylic acids is 1. The number of carbonyl (C=O) groups is 1. The summed E-state index contributed by atoms with van der Waals surface area (Å²) in [6.45, 7) is 10.4. The van der Waals surface area contributed by atoms with E-state index in [0.29, 0.717) is 11.8 Å². The second-order valence-electron chi connectivity index (χ2n) is 10.6. The predicted octanol–water partition coefficient (Wildman–Crippen LogP) is 4.02. The number of aliphatic hydroxyl groups excluding tert-OH is 2. The summed E-state index contributed by atoms with van der Waals surface area (Å²) in [5.41, 5.74) is 5.47. The van der Waals surface area contributed by atoms with Crippen molar-refractivity contribution in [3.05, 3.63) is 33.9 Å². The number of aliphatic hydroxyl groups is 2. The molecule has 1 fully saturated rings. The van der Waals surface area contributed by atoms with Gasteiger partial charge in [0, 0.05) is 11.5 Å². The Morgan fingerprint density at radius 3 is 2.47 bits per heavy atom. The molecule has 1 heterocycles. The van der Waals surface area contributed by atoms with E-state index < -0.39 is 30.4 Å². The zero-order valence-electron chi connectivity index (χ0n) is 21.0. The lowest BCUT2D eigenvalue weighted by Crippen LogP contribution is -2.54. The van der Waals surface area contributed by atoms with Gasteiger partial charge in [-0.05, 0) is 74.5 Å². The molecule has 0 saturated carbocycles. The molecule has 0 amide bonds. The van der Waals surface area contributed by atoms with Gasteiger partial charge < -0.3 is 29.5 Å². The number of hydrogen-bond acceptors (Lipinski definition) is 7. The quantitative estimate of drug-likeness (QED) is 0.447. The van der Waals surface area contributed by atoms with E-state index in [1.54, 1.807) is 0 Å². The average Bonchev–Trinajstić information content (AvgIpc) is 2.76. The zero-order chi connectivity index (χ0) is 24.9. The van der Waals surface area contributed by atoms with Crippen LogP contribution in [0.3, 0.4) is 0 Å². The van der Waals surface area contributed by atoms with Gasteiger partial charge in [0.2, 0.25) is 6.29 Å². The first-order valence-electron chi connectivity index (χ1n) is 12.3. The Balaban J connectivity index is 1.82. The maximum atomic E-state index is 12.2. The zero-order valence-corrected chi connectivity index (χ0v) is 21.0. The van der Waals surface area contributed by atoms with Crippen molar-refractivity contribution < 1.29 is 34.3 Å². The van der Waals surface area contributed by atoms with Gasteiger partial charge in [-0.15, -0.1) is 0 Å². The lowest BCUT2D eigenvalue weighted by molar-refractivity contribution is -0.230. The molecule has 34 heavy (non-hydrogen) atoms. The van der Waals surface area contributed by atoms with Crippen LogP contribution >= 0.6 is 0 Å². The number of allylic oxidation sites excluding steroid dienone is 2. The molecule has 1 aromatic rings. The van der Waals surface area contributed by atoms with Crippen LogP contribution in [0.2, 0.25) is 0 Å². The van der Waals surface area contributed by atoms with Gasteiger partial charge in [-0.1, -0.05) is 25.5 Å². The van der Waals surface area contributed by atoms with E-state index in [1.165, 1.54) is 23.8 Å². The van der Waals surface area contributed by atoms with Crippen molar-refractivity contribution in [2.75, 3.05) is 13.7 Å². The van der Waals surface area contributed by atoms with Crippen molar-refractivity contribution in [3.63, 3.8) is 0 Å². The Kier molecular flexibility index (Phi) is 7.00. The van der Waals surface area contributed by atoms with Crippen molar-refractivity contribution in [2.45, 2.75) is 90.1 Å². The number of esters is 1. The number of hydrogen-bond donors (Lipinski definition) is 3. The van der Waals surface area contributed by atoms with Gasteiger partial charge in [-0.3, -0.25) is 4.79 Å². The van der Waals surface area contributed by atoms with Crippen molar-refractivity contribution in [1.29, 1.82) is 0 Å². The smallest absolute Gasteiger partial charge is 0.314 e. The van der Waals surface area contributed by atoms with Crippen LogP contribution in [0.5, 0.6) is 11.5 Å². The summed E-state index contributed by atoms with van der Waals surface area (Å²) in [5.74, 6) is -0.250. The van der Waals surface area contributed by atoms with Crippen molar-refractivity contribution in [1.82, 2.24) is 0 Å². The Labute approximate surface area is 201 Å². The standard InChI is InChI=1S/C27H38O7/c1-12(2)9-16-10-14(4)17-8-7-13(3)19-21(17)20(16)15(5)25(23(19)29)34-27-24(30)22(26(31)32-6)18(28)11-33-27/h9,13-14,16-18,22,24,27-30H,7-8,10-11H2,1-6H3/t13-,14-,16+,17?,18?,22?,24?,27?/m0/s1. The van der Waals surface area contributed by atoms with E-state index in [9.17, 15) is 20.1 Å². The minimum Gasteiger partial charge on any atom is -0.504 e. The SMILES string of the molecule is COC(=O)C1C(O)COC(Oc2c(C)c3c4c(c2O)[C@@H](C)CCC4[C@@H](C)C[C@H]3C=C(C)C)C1O.